The highest BCUT2D eigenvalue weighted by atomic mass is 16.5. The van der Waals surface area contributed by atoms with Gasteiger partial charge in [0.2, 0.25) is 0 Å². The fourth-order valence-corrected chi connectivity index (χ4v) is 1.80. The first kappa shape index (κ1) is 16.0. The Hall–Kier alpha value is -1.06. The fourth-order valence-electron chi connectivity index (χ4n) is 1.80. The molecule has 3 nitrogen and oxygen atoms in total. The number of rotatable bonds is 9. The van der Waals surface area contributed by atoms with Crippen molar-refractivity contribution in [3.05, 3.63) is 29.8 Å². The van der Waals surface area contributed by atoms with Crippen molar-refractivity contribution in [3.63, 3.8) is 0 Å². The van der Waals surface area contributed by atoms with Gasteiger partial charge in [0.25, 0.3) is 0 Å². The molecule has 0 saturated carbocycles. The maximum Gasteiger partial charge on any atom is 0.119 e. The van der Waals surface area contributed by atoms with Crippen molar-refractivity contribution in [2.75, 3.05) is 40.3 Å². The Kier molecular flexibility index (Phi) is 7.53. The highest BCUT2D eigenvalue weighted by Gasteiger charge is 2.02. The zero-order valence-electron chi connectivity index (χ0n) is 12.8. The maximum absolute atomic E-state index is 5.71. The van der Waals surface area contributed by atoms with E-state index < -0.39 is 0 Å². The van der Waals surface area contributed by atoms with E-state index in [1.54, 1.807) is 0 Å². The monoisotopic (exact) mass is 264 g/mol. The van der Waals surface area contributed by atoms with E-state index in [0.717, 1.165) is 32.0 Å². The quantitative estimate of drug-likeness (QED) is 0.694. The van der Waals surface area contributed by atoms with Crippen LogP contribution in [0.4, 0.5) is 0 Å². The van der Waals surface area contributed by atoms with Crippen LogP contribution in [-0.4, -0.2) is 45.2 Å². The predicted octanol–water partition coefficient (Wildman–Crippen LogP) is 2.73. The minimum Gasteiger partial charge on any atom is -0.492 e. The molecule has 1 aromatic rings. The van der Waals surface area contributed by atoms with Crippen LogP contribution in [0.15, 0.2) is 24.3 Å². The van der Waals surface area contributed by atoms with Crippen molar-refractivity contribution in [1.29, 1.82) is 0 Å². The SMILES string of the molecule is CCC(C)c1ccc(OCCNCCN(C)C)cc1. The van der Waals surface area contributed by atoms with Gasteiger partial charge in [-0.15, -0.1) is 0 Å². The first-order chi connectivity index (χ1) is 9.13. The van der Waals surface area contributed by atoms with Gasteiger partial charge in [-0.25, -0.2) is 0 Å². The second-order valence-electron chi connectivity index (χ2n) is 5.28. The molecule has 1 unspecified atom stereocenters. The number of benzene rings is 1. The molecule has 19 heavy (non-hydrogen) atoms. The van der Waals surface area contributed by atoms with Crippen molar-refractivity contribution < 1.29 is 4.74 Å². The van der Waals surface area contributed by atoms with Crippen molar-refractivity contribution in [3.8, 4) is 5.75 Å². The number of nitrogens with one attached hydrogen (secondary N) is 1. The van der Waals surface area contributed by atoms with Gasteiger partial charge >= 0.3 is 0 Å². The number of nitrogens with zero attached hydrogens (tertiary/aromatic N) is 1. The molecule has 1 atom stereocenters. The molecule has 0 aliphatic heterocycles. The normalized spacial score (nSPS) is 12.7. The van der Waals surface area contributed by atoms with Crippen LogP contribution < -0.4 is 10.1 Å². The molecule has 3 heteroatoms. The lowest BCUT2D eigenvalue weighted by Crippen LogP contribution is -2.29. The Morgan fingerprint density at radius 1 is 1.16 bits per heavy atom. The van der Waals surface area contributed by atoms with E-state index in [9.17, 15) is 0 Å². The van der Waals surface area contributed by atoms with Gasteiger partial charge in [-0.05, 0) is 44.1 Å². The summed E-state index contributed by atoms with van der Waals surface area (Å²) in [6.07, 6.45) is 1.18. The zero-order chi connectivity index (χ0) is 14.1. The van der Waals surface area contributed by atoms with Gasteiger partial charge in [-0.3, -0.25) is 0 Å². The molecule has 0 heterocycles. The summed E-state index contributed by atoms with van der Waals surface area (Å²) in [5.41, 5.74) is 1.39. The van der Waals surface area contributed by atoms with Gasteiger partial charge in [-0.2, -0.15) is 0 Å². The van der Waals surface area contributed by atoms with E-state index in [0.29, 0.717) is 5.92 Å². The molecule has 0 saturated heterocycles. The largest absolute Gasteiger partial charge is 0.492 e. The zero-order valence-corrected chi connectivity index (χ0v) is 12.8. The van der Waals surface area contributed by atoms with E-state index >= 15 is 0 Å². The molecule has 1 N–H and O–H groups in total. The summed E-state index contributed by atoms with van der Waals surface area (Å²) in [7, 11) is 4.16. The molecule has 0 bridgehead atoms. The first-order valence-electron chi connectivity index (χ1n) is 7.21. The van der Waals surface area contributed by atoms with Crippen LogP contribution in [0.5, 0.6) is 5.75 Å². The maximum atomic E-state index is 5.71. The summed E-state index contributed by atoms with van der Waals surface area (Å²) in [6.45, 7) is 8.14. The van der Waals surface area contributed by atoms with Crippen molar-refractivity contribution in [2.45, 2.75) is 26.2 Å². The predicted molar refractivity (Wildman–Crippen MR) is 82.1 cm³/mol. The second kappa shape index (κ2) is 8.94. The average molecular weight is 264 g/mol. The Morgan fingerprint density at radius 3 is 2.42 bits per heavy atom. The summed E-state index contributed by atoms with van der Waals surface area (Å²) < 4.78 is 5.71. The van der Waals surface area contributed by atoms with E-state index in [1.807, 2.05) is 0 Å². The number of hydrogen-bond donors (Lipinski definition) is 1. The average Bonchev–Trinajstić information content (AvgIpc) is 2.42. The van der Waals surface area contributed by atoms with Gasteiger partial charge in [0, 0.05) is 19.6 Å². The molecule has 0 fully saturated rings. The van der Waals surface area contributed by atoms with Gasteiger partial charge in [-0.1, -0.05) is 26.0 Å². The van der Waals surface area contributed by atoms with Gasteiger partial charge < -0.3 is 15.0 Å². The van der Waals surface area contributed by atoms with Crippen LogP contribution in [0, 0.1) is 0 Å². The smallest absolute Gasteiger partial charge is 0.119 e. The Bertz CT molecular complexity index is 335. The Labute approximate surface area is 118 Å². The van der Waals surface area contributed by atoms with Gasteiger partial charge in [0.15, 0.2) is 0 Å². The first-order valence-corrected chi connectivity index (χ1v) is 7.21. The van der Waals surface area contributed by atoms with Crippen molar-refractivity contribution in [2.24, 2.45) is 0 Å². The highest BCUT2D eigenvalue weighted by molar-refractivity contribution is 5.29. The molecule has 108 valence electrons. The van der Waals surface area contributed by atoms with E-state index in [1.165, 1.54) is 12.0 Å². The van der Waals surface area contributed by atoms with Crippen LogP contribution >= 0.6 is 0 Å². The van der Waals surface area contributed by atoms with E-state index in [-0.39, 0.29) is 0 Å². The number of ether oxygens (including phenoxy) is 1. The molecule has 0 radical (unpaired) electrons. The fraction of sp³-hybridized carbons (Fsp3) is 0.625. The molecule has 0 aliphatic carbocycles. The lowest BCUT2D eigenvalue weighted by molar-refractivity contribution is 0.308. The molecule has 0 amide bonds. The molecule has 0 spiro atoms. The summed E-state index contributed by atoms with van der Waals surface area (Å²) in [4.78, 5) is 2.17. The van der Waals surface area contributed by atoms with Crippen molar-refractivity contribution in [1.82, 2.24) is 10.2 Å². The molecule has 1 aromatic carbocycles. The minimum absolute atomic E-state index is 0.627. The van der Waals surface area contributed by atoms with Crippen LogP contribution in [-0.2, 0) is 0 Å². The van der Waals surface area contributed by atoms with Crippen LogP contribution in [0.2, 0.25) is 0 Å². The third-order valence-corrected chi connectivity index (χ3v) is 3.34. The van der Waals surface area contributed by atoms with Gasteiger partial charge in [0.1, 0.15) is 12.4 Å². The minimum atomic E-state index is 0.627. The topological polar surface area (TPSA) is 24.5 Å². The molecular weight excluding hydrogens is 236 g/mol. The third-order valence-electron chi connectivity index (χ3n) is 3.34. The lowest BCUT2D eigenvalue weighted by atomic mass is 9.99. The van der Waals surface area contributed by atoms with Crippen LogP contribution in [0.25, 0.3) is 0 Å². The summed E-state index contributed by atoms with van der Waals surface area (Å²) in [6, 6.07) is 8.48. The molecular formula is C16H28N2O. The molecule has 1 rings (SSSR count). The number of likely N-dealkylation sites (N-methyl/N-ethyl adjacent to an activating group) is 1. The van der Waals surface area contributed by atoms with Crippen LogP contribution in [0.1, 0.15) is 31.7 Å². The second-order valence-corrected chi connectivity index (χ2v) is 5.28. The summed E-state index contributed by atoms with van der Waals surface area (Å²) >= 11 is 0. The standard InChI is InChI=1S/C16H28N2O/c1-5-14(2)15-6-8-16(9-7-15)19-13-11-17-10-12-18(3)4/h6-9,14,17H,5,10-13H2,1-4H3. The molecule has 0 aromatic heterocycles. The lowest BCUT2D eigenvalue weighted by Gasteiger charge is -2.12. The highest BCUT2D eigenvalue weighted by Crippen LogP contribution is 2.21. The third kappa shape index (κ3) is 6.60. The Morgan fingerprint density at radius 2 is 1.84 bits per heavy atom. The van der Waals surface area contributed by atoms with Crippen LogP contribution in [0.3, 0.4) is 0 Å². The summed E-state index contributed by atoms with van der Waals surface area (Å²) in [5, 5.41) is 3.36. The molecule has 0 aliphatic rings. The number of hydrogen-bond acceptors (Lipinski definition) is 3. The van der Waals surface area contributed by atoms with E-state index in [2.05, 4.69) is 62.4 Å². The van der Waals surface area contributed by atoms with Crippen molar-refractivity contribution >= 4 is 0 Å². The van der Waals surface area contributed by atoms with Gasteiger partial charge in [0.05, 0.1) is 0 Å². The van der Waals surface area contributed by atoms with E-state index in [4.69, 9.17) is 4.74 Å². The Balaban J connectivity index is 2.19. The summed E-state index contributed by atoms with van der Waals surface area (Å²) in [5.74, 6) is 1.59.